The first-order valence-corrected chi connectivity index (χ1v) is 13.5. The van der Waals surface area contributed by atoms with Gasteiger partial charge in [-0.15, -0.1) is 0 Å². The van der Waals surface area contributed by atoms with E-state index in [1.54, 1.807) is 15.3 Å². The van der Waals surface area contributed by atoms with Crippen LogP contribution in [0, 0.1) is 0 Å². The number of hydrogen-bond donors (Lipinski definition) is 0. The summed E-state index contributed by atoms with van der Waals surface area (Å²) in [4.78, 5) is 2.62. The monoisotopic (exact) mass is 305 g/mol. The molecule has 0 atom stereocenters. The molecule has 0 radical (unpaired) electrons. The standard InChI is InChI=1S/C8H17.C4H9.CH3.Sn/c1-3-5-7-8-6-4-2;1-3-4-2;;/h1,3-8H2,2H3;1,3-4H2,2H3;1H3;/q;;;+1. The van der Waals surface area contributed by atoms with E-state index in [2.05, 4.69) is 18.8 Å². The molecule has 0 aromatic heterocycles. The molecular weight excluding hydrogens is 275 g/mol. The molecule has 0 nitrogen and oxygen atoms in total. The zero-order valence-corrected chi connectivity index (χ0v) is 13.4. The summed E-state index contributed by atoms with van der Waals surface area (Å²) in [5, 5.41) is 0. The van der Waals surface area contributed by atoms with E-state index in [0.717, 1.165) is 0 Å². The van der Waals surface area contributed by atoms with Gasteiger partial charge in [-0.25, -0.2) is 0 Å². The van der Waals surface area contributed by atoms with Crippen LogP contribution in [-0.2, 0) is 0 Å². The van der Waals surface area contributed by atoms with Gasteiger partial charge in [-0.2, -0.15) is 0 Å². The van der Waals surface area contributed by atoms with Crippen LogP contribution in [0.2, 0.25) is 13.8 Å². The normalized spacial score (nSPS) is 10.5. The summed E-state index contributed by atoms with van der Waals surface area (Å²) in [5.41, 5.74) is 0. The van der Waals surface area contributed by atoms with E-state index in [0.29, 0.717) is 0 Å². The number of rotatable bonds is 10. The van der Waals surface area contributed by atoms with E-state index in [-0.39, 0.29) is 0 Å². The van der Waals surface area contributed by atoms with Crippen molar-refractivity contribution in [2.45, 2.75) is 79.0 Å². The Morgan fingerprint density at radius 3 is 1.79 bits per heavy atom. The van der Waals surface area contributed by atoms with Gasteiger partial charge in [0.25, 0.3) is 0 Å². The van der Waals surface area contributed by atoms with Crippen LogP contribution in [0.4, 0.5) is 0 Å². The first-order chi connectivity index (χ1) is 6.81. The molecule has 0 aliphatic heterocycles. The molecule has 0 N–H and O–H groups in total. The topological polar surface area (TPSA) is 0 Å². The molecule has 84 valence electrons. The molecule has 0 aromatic carbocycles. The van der Waals surface area contributed by atoms with Gasteiger partial charge in [-0.1, -0.05) is 0 Å². The van der Waals surface area contributed by atoms with Crippen LogP contribution in [0.15, 0.2) is 0 Å². The summed E-state index contributed by atoms with van der Waals surface area (Å²) in [6.45, 7) is 4.61. The SMILES string of the molecule is CCCCCCC[CH2][Sn+]([CH3])[CH2]CCC. The first kappa shape index (κ1) is 14.8. The maximum absolute atomic E-state index is 2.62. The van der Waals surface area contributed by atoms with Crippen molar-refractivity contribution in [2.24, 2.45) is 0 Å². The quantitative estimate of drug-likeness (QED) is 0.381. The summed E-state index contributed by atoms with van der Waals surface area (Å²) in [6, 6.07) is 0. The van der Waals surface area contributed by atoms with Crippen LogP contribution < -0.4 is 0 Å². The average Bonchev–Trinajstić information content (AvgIpc) is 2.20. The summed E-state index contributed by atoms with van der Waals surface area (Å²) in [6.07, 6.45) is 11.8. The summed E-state index contributed by atoms with van der Waals surface area (Å²) in [5.74, 6) is 0. The maximum atomic E-state index is 2.62. The van der Waals surface area contributed by atoms with Gasteiger partial charge in [0.05, 0.1) is 0 Å². The second kappa shape index (κ2) is 11.9. The van der Waals surface area contributed by atoms with Gasteiger partial charge in [0, 0.05) is 0 Å². The van der Waals surface area contributed by atoms with Gasteiger partial charge in [0.2, 0.25) is 0 Å². The fourth-order valence-corrected chi connectivity index (χ4v) is 7.69. The van der Waals surface area contributed by atoms with Crippen LogP contribution in [0.3, 0.4) is 0 Å². The Morgan fingerprint density at radius 2 is 1.14 bits per heavy atom. The average molecular weight is 304 g/mol. The third kappa shape index (κ3) is 10.9. The van der Waals surface area contributed by atoms with Crippen LogP contribution in [-0.4, -0.2) is 19.8 Å². The molecule has 0 fully saturated rings. The molecule has 0 bridgehead atoms. The van der Waals surface area contributed by atoms with E-state index >= 15 is 0 Å². The van der Waals surface area contributed by atoms with E-state index < -0.39 is 19.8 Å². The van der Waals surface area contributed by atoms with Gasteiger partial charge in [0.1, 0.15) is 0 Å². The van der Waals surface area contributed by atoms with Crippen LogP contribution in [0.25, 0.3) is 0 Å². The van der Waals surface area contributed by atoms with Crippen molar-refractivity contribution in [1.82, 2.24) is 0 Å². The Labute approximate surface area is 98.6 Å². The molecule has 0 amide bonds. The van der Waals surface area contributed by atoms with Crippen LogP contribution >= 0.6 is 0 Å². The Bertz CT molecular complexity index is 101. The fourth-order valence-electron chi connectivity index (χ4n) is 1.81. The minimum absolute atomic E-state index is 0.799. The second-order valence-corrected chi connectivity index (χ2v) is 12.9. The molecule has 0 heterocycles. The molecule has 0 rings (SSSR count). The minimum atomic E-state index is -0.799. The van der Waals surface area contributed by atoms with Gasteiger partial charge in [-0.05, 0) is 0 Å². The van der Waals surface area contributed by atoms with Crippen molar-refractivity contribution in [1.29, 1.82) is 0 Å². The van der Waals surface area contributed by atoms with Gasteiger partial charge < -0.3 is 0 Å². The molecule has 0 aromatic rings. The van der Waals surface area contributed by atoms with E-state index in [4.69, 9.17) is 0 Å². The van der Waals surface area contributed by atoms with E-state index in [1.807, 2.05) is 0 Å². The first-order valence-electron chi connectivity index (χ1n) is 6.62. The Kier molecular flexibility index (Phi) is 12.5. The predicted octanol–water partition coefficient (Wildman–Crippen LogP) is 5.27. The van der Waals surface area contributed by atoms with Crippen molar-refractivity contribution < 1.29 is 0 Å². The van der Waals surface area contributed by atoms with Gasteiger partial charge >= 0.3 is 98.8 Å². The van der Waals surface area contributed by atoms with E-state index in [1.165, 1.54) is 44.9 Å². The third-order valence-corrected chi connectivity index (χ3v) is 9.80. The Morgan fingerprint density at radius 1 is 0.643 bits per heavy atom. The van der Waals surface area contributed by atoms with Crippen molar-refractivity contribution in [3.8, 4) is 0 Å². The Hall–Kier alpha value is 0.799. The fraction of sp³-hybridized carbons (Fsp3) is 1.00. The summed E-state index contributed by atoms with van der Waals surface area (Å²) >= 11 is -0.799. The zero-order valence-electron chi connectivity index (χ0n) is 10.6. The molecule has 14 heavy (non-hydrogen) atoms. The van der Waals surface area contributed by atoms with Gasteiger partial charge in [0.15, 0.2) is 0 Å². The molecule has 1 heteroatoms. The molecule has 0 saturated heterocycles. The van der Waals surface area contributed by atoms with Crippen LogP contribution in [0.1, 0.15) is 65.2 Å². The molecule has 0 aliphatic rings. The third-order valence-electron chi connectivity index (χ3n) is 2.91. The number of unbranched alkanes of at least 4 members (excludes halogenated alkanes) is 6. The molecule has 0 spiro atoms. The molecule has 0 aliphatic carbocycles. The molecule has 0 unspecified atom stereocenters. The predicted molar refractivity (Wildman–Crippen MR) is 69.5 cm³/mol. The van der Waals surface area contributed by atoms with Crippen molar-refractivity contribution >= 4 is 19.8 Å². The van der Waals surface area contributed by atoms with E-state index in [9.17, 15) is 0 Å². The molecular formula is C13H29Sn+. The number of hydrogen-bond acceptors (Lipinski definition) is 0. The van der Waals surface area contributed by atoms with Crippen LogP contribution in [0.5, 0.6) is 0 Å². The zero-order chi connectivity index (χ0) is 10.6. The molecule has 0 saturated carbocycles. The summed E-state index contributed by atoms with van der Waals surface area (Å²) < 4.78 is 3.31. The van der Waals surface area contributed by atoms with Crippen molar-refractivity contribution in [3.63, 3.8) is 0 Å². The Balaban J connectivity index is 3.02. The van der Waals surface area contributed by atoms with Crippen molar-refractivity contribution in [3.05, 3.63) is 0 Å². The second-order valence-electron chi connectivity index (χ2n) is 4.58. The van der Waals surface area contributed by atoms with Crippen molar-refractivity contribution in [2.75, 3.05) is 0 Å². The summed E-state index contributed by atoms with van der Waals surface area (Å²) in [7, 11) is 0. The van der Waals surface area contributed by atoms with Gasteiger partial charge in [-0.3, -0.25) is 0 Å².